The predicted molar refractivity (Wildman–Crippen MR) is 184 cm³/mol. The lowest BCUT2D eigenvalue weighted by molar-refractivity contribution is -0.118. The predicted octanol–water partition coefficient (Wildman–Crippen LogP) is 5.86. The Morgan fingerprint density at radius 1 is 1.02 bits per heavy atom. The maximum atomic E-state index is 13.3. The van der Waals surface area contributed by atoms with Gasteiger partial charge in [-0.15, -0.1) is 0 Å². The van der Waals surface area contributed by atoms with E-state index in [4.69, 9.17) is 14.0 Å². The Balaban J connectivity index is 1.16. The number of alkyl carbamates (subject to hydrolysis) is 1. The lowest BCUT2D eigenvalue weighted by atomic mass is 9.93. The number of carbonyl (C=O) groups excluding carboxylic acids is 2. The zero-order chi connectivity index (χ0) is 34.1. The molecule has 1 aliphatic heterocycles. The number of carbonyl (C=O) groups is 2. The number of hydrogen-bond acceptors (Lipinski definition) is 7. The minimum atomic E-state index is -4.06. The van der Waals surface area contributed by atoms with Crippen LogP contribution in [0, 0.1) is 13.8 Å². The minimum absolute atomic E-state index is 0.0487. The molecule has 2 heterocycles. The van der Waals surface area contributed by atoms with E-state index >= 15 is 0 Å². The largest absolute Gasteiger partial charge is 0.493 e. The molecule has 48 heavy (non-hydrogen) atoms. The van der Waals surface area contributed by atoms with Gasteiger partial charge in [-0.25, -0.2) is 4.79 Å². The second-order valence-corrected chi connectivity index (χ2v) is 13.6. The van der Waals surface area contributed by atoms with Crippen LogP contribution in [0.4, 0.5) is 10.5 Å². The van der Waals surface area contributed by atoms with Crippen LogP contribution in [0.5, 0.6) is 5.75 Å². The van der Waals surface area contributed by atoms with Crippen molar-refractivity contribution in [3.05, 3.63) is 101 Å². The van der Waals surface area contributed by atoms with Crippen molar-refractivity contribution in [2.45, 2.75) is 59.1 Å². The maximum Gasteiger partial charge on any atom is 0.407 e. The summed E-state index contributed by atoms with van der Waals surface area (Å²) in [5.74, 6) is 0.542. The van der Waals surface area contributed by atoms with Crippen LogP contribution >= 0.6 is 0 Å². The van der Waals surface area contributed by atoms with Crippen molar-refractivity contribution in [1.82, 2.24) is 15.1 Å². The zero-order valence-corrected chi connectivity index (χ0v) is 28.2. The number of amides is 2. The number of nitrogens with zero attached hydrogens (tertiary/aromatic N) is 3. The van der Waals surface area contributed by atoms with E-state index in [2.05, 4.69) is 29.5 Å². The van der Waals surface area contributed by atoms with Gasteiger partial charge in [-0.3, -0.25) is 14.0 Å². The fourth-order valence-electron chi connectivity index (χ4n) is 5.81. The Hall–Kier alpha value is -4.68. The zero-order valence-electron chi connectivity index (χ0n) is 27.4. The molecule has 4 aromatic rings. The molecule has 5 rings (SSSR count). The SMILES string of the molecule is Cc1cccc(OCCCC(=O)N2CCCc3c(-c4cnn(Cc5cccc(COC(=O)NCCCS(=O)(=O)O)c5)c4)cccc32)c1C. The van der Waals surface area contributed by atoms with Gasteiger partial charge in [-0.2, -0.15) is 13.5 Å². The number of nitrogens with one attached hydrogen (secondary N) is 1. The number of fused-ring (bicyclic) bond motifs is 1. The van der Waals surface area contributed by atoms with E-state index in [0.717, 1.165) is 57.7 Å². The first-order chi connectivity index (χ1) is 23.1. The molecule has 0 aliphatic carbocycles. The van der Waals surface area contributed by atoms with Crippen molar-refractivity contribution in [1.29, 1.82) is 0 Å². The molecule has 2 amide bonds. The molecule has 0 fully saturated rings. The molecule has 0 unspecified atom stereocenters. The van der Waals surface area contributed by atoms with Crippen LogP contribution in [0.25, 0.3) is 11.1 Å². The maximum absolute atomic E-state index is 13.3. The minimum Gasteiger partial charge on any atom is -0.493 e. The average Bonchev–Trinajstić information content (AvgIpc) is 3.53. The Kier molecular flexibility index (Phi) is 11.5. The molecule has 1 aliphatic rings. The van der Waals surface area contributed by atoms with E-state index in [1.807, 2.05) is 77.4 Å². The molecule has 0 spiro atoms. The number of rotatable bonds is 14. The summed E-state index contributed by atoms with van der Waals surface area (Å²) in [5.41, 5.74) is 8.25. The van der Waals surface area contributed by atoms with Gasteiger partial charge in [0.1, 0.15) is 12.4 Å². The summed E-state index contributed by atoms with van der Waals surface area (Å²) in [7, 11) is -4.06. The van der Waals surface area contributed by atoms with Crippen LogP contribution in [0.3, 0.4) is 0 Å². The van der Waals surface area contributed by atoms with Crippen LogP contribution in [0.1, 0.15) is 53.5 Å². The van der Waals surface area contributed by atoms with Gasteiger partial charge in [-0.1, -0.05) is 48.5 Å². The average molecular weight is 675 g/mol. The second-order valence-electron chi connectivity index (χ2n) is 12.0. The summed E-state index contributed by atoms with van der Waals surface area (Å²) in [5, 5.41) is 7.08. The lowest BCUT2D eigenvalue weighted by Gasteiger charge is -2.31. The Labute approximate surface area is 281 Å². The Bertz CT molecular complexity index is 1850. The molecule has 2 N–H and O–H groups in total. The molecular formula is C36H42N4O7S. The second kappa shape index (κ2) is 15.9. The standard InChI is InChI=1S/C36H42N4O7S/c1-26-9-3-15-34(27(26)2)46-19-7-16-35(41)40-18-6-13-32-31(12-5-14-33(32)40)30-22-38-39(24-30)23-28-10-4-11-29(21-28)25-47-36(42)37-17-8-20-48(43,44)45/h3-5,9-12,14-15,21-22,24H,6-8,13,16-20,23,25H2,1-2H3,(H,37,42)(H,43,44,45). The molecule has 11 nitrogen and oxygen atoms in total. The molecule has 1 aromatic heterocycles. The summed E-state index contributed by atoms with van der Waals surface area (Å²) < 4.78 is 43.4. The van der Waals surface area contributed by atoms with E-state index in [1.54, 1.807) is 0 Å². The summed E-state index contributed by atoms with van der Waals surface area (Å²) in [6.45, 7) is 5.93. The normalized spacial score (nSPS) is 12.8. The fourth-order valence-corrected chi connectivity index (χ4v) is 6.32. The lowest BCUT2D eigenvalue weighted by Crippen LogP contribution is -2.35. The molecule has 0 radical (unpaired) electrons. The van der Waals surface area contributed by atoms with Crippen molar-refractivity contribution >= 4 is 27.8 Å². The third-order valence-electron chi connectivity index (χ3n) is 8.40. The molecule has 0 saturated heterocycles. The van der Waals surface area contributed by atoms with E-state index in [9.17, 15) is 18.0 Å². The third kappa shape index (κ3) is 9.45. The van der Waals surface area contributed by atoms with Crippen LogP contribution < -0.4 is 15.0 Å². The number of hydrogen-bond donors (Lipinski definition) is 2. The number of aryl methyl sites for hydroxylation is 1. The van der Waals surface area contributed by atoms with Crippen LogP contribution in [0.15, 0.2) is 73.1 Å². The van der Waals surface area contributed by atoms with E-state index < -0.39 is 22.0 Å². The number of anilines is 1. The van der Waals surface area contributed by atoms with Crippen molar-refractivity contribution in [3.63, 3.8) is 0 Å². The summed E-state index contributed by atoms with van der Waals surface area (Å²) in [6.07, 6.45) is 6.10. The van der Waals surface area contributed by atoms with E-state index in [-0.39, 0.29) is 25.5 Å². The van der Waals surface area contributed by atoms with E-state index in [1.165, 1.54) is 5.56 Å². The Morgan fingerprint density at radius 2 is 1.81 bits per heavy atom. The van der Waals surface area contributed by atoms with Gasteiger partial charge in [0.15, 0.2) is 0 Å². The van der Waals surface area contributed by atoms with Crippen molar-refractivity contribution in [3.8, 4) is 16.9 Å². The monoisotopic (exact) mass is 674 g/mol. The van der Waals surface area contributed by atoms with Crippen molar-refractivity contribution in [2.24, 2.45) is 0 Å². The highest BCUT2D eigenvalue weighted by atomic mass is 32.2. The molecular weight excluding hydrogens is 632 g/mol. The molecule has 3 aromatic carbocycles. The molecule has 12 heteroatoms. The summed E-state index contributed by atoms with van der Waals surface area (Å²) in [6, 6.07) is 19.8. The third-order valence-corrected chi connectivity index (χ3v) is 9.20. The first-order valence-electron chi connectivity index (χ1n) is 16.1. The van der Waals surface area contributed by atoms with Gasteiger partial charge in [0.2, 0.25) is 5.91 Å². The number of aromatic nitrogens is 2. The van der Waals surface area contributed by atoms with Crippen LogP contribution in [-0.2, 0) is 39.2 Å². The molecule has 0 atom stereocenters. The van der Waals surface area contributed by atoms with Crippen molar-refractivity contribution < 1.29 is 32.0 Å². The van der Waals surface area contributed by atoms with Crippen LogP contribution in [-0.4, -0.2) is 60.2 Å². The highest BCUT2D eigenvalue weighted by molar-refractivity contribution is 7.85. The molecule has 0 saturated carbocycles. The molecule has 254 valence electrons. The number of ether oxygens (including phenoxy) is 2. The fraction of sp³-hybridized carbons (Fsp3) is 0.361. The van der Waals surface area contributed by atoms with Gasteiger partial charge in [0, 0.05) is 37.0 Å². The summed E-state index contributed by atoms with van der Waals surface area (Å²) >= 11 is 0. The van der Waals surface area contributed by atoms with E-state index in [0.29, 0.717) is 32.5 Å². The summed E-state index contributed by atoms with van der Waals surface area (Å²) in [4.78, 5) is 27.2. The van der Waals surface area contributed by atoms with Crippen LogP contribution in [0.2, 0.25) is 0 Å². The van der Waals surface area contributed by atoms with Gasteiger partial charge < -0.3 is 19.7 Å². The van der Waals surface area contributed by atoms with Gasteiger partial charge in [-0.05, 0) is 85.0 Å². The van der Waals surface area contributed by atoms with Gasteiger partial charge >= 0.3 is 6.09 Å². The van der Waals surface area contributed by atoms with Crippen molar-refractivity contribution in [2.75, 3.05) is 30.3 Å². The van der Waals surface area contributed by atoms with Gasteiger partial charge in [0.05, 0.1) is 25.1 Å². The Morgan fingerprint density at radius 3 is 2.65 bits per heavy atom. The topological polar surface area (TPSA) is 140 Å². The van der Waals surface area contributed by atoms with Gasteiger partial charge in [0.25, 0.3) is 10.1 Å². The quantitative estimate of drug-likeness (QED) is 0.125. The highest BCUT2D eigenvalue weighted by Gasteiger charge is 2.25. The number of benzene rings is 3. The highest BCUT2D eigenvalue weighted by Crippen LogP contribution is 2.36. The smallest absolute Gasteiger partial charge is 0.407 e. The first-order valence-corrected chi connectivity index (χ1v) is 17.8. The first kappa shape index (κ1) is 34.6. The molecule has 0 bridgehead atoms.